The normalized spacial score (nSPS) is 19.9. The number of amides is 1. The predicted octanol–water partition coefficient (Wildman–Crippen LogP) is 2.37. The zero-order valence-electron chi connectivity index (χ0n) is 10.3. The van der Waals surface area contributed by atoms with Crippen LogP contribution in [0.4, 0.5) is 0 Å². The van der Waals surface area contributed by atoms with E-state index in [2.05, 4.69) is 15.9 Å². The summed E-state index contributed by atoms with van der Waals surface area (Å²) in [5.74, 6) is 0.143. The minimum absolute atomic E-state index is 0.143. The Balaban J connectivity index is 1.86. The van der Waals surface area contributed by atoms with Gasteiger partial charge in [0.1, 0.15) is 0 Å². The molecule has 18 heavy (non-hydrogen) atoms. The topological polar surface area (TPSA) is 40.5 Å². The molecule has 1 N–H and O–H groups in total. The summed E-state index contributed by atoms with van der Waals surface area (Å²) in [5, 5.41) is 9.56. The summed E-state index contributed by atoms with van der Waals surface area (Å²) in [5.41, 5.74) is 1.16. The van der Waals surface area contributed by atoms with Crippen molar-refractivity contribution >= 4 is 21.8 Å². The van der Waals surface area contributed by atoms with Gasteiger partial charge in [0, 0.05) is 24.0 Å². The summed E-state index contributed by atoms with van der Waals surface area (Å²) in [7, 11) is 0. The molecule has 98 valence electrons. The van der Waals surface area contributed by atoms with Crippen molar-refractivity contribution in [3.63, 3.8) is 0 Å². The maximum absolute atomic E-state index is 12.0. The summed E-state index contributed by atoms with van der Waals surface area (Å²) < 4.78 is 1.05. The van der Waals surface area contributed by atoms with Crippen LogP contribution in [0.5, 0.6) is 0 Å². The van der Waals surface area contributed by atoms with Crippen LogP contribution in [0.2, 0.25) is 0 Å². The molecule has 0 bridgehead atoms. The molecular weight excluding hydrogens is 294 g/mol. The number of aliphatic hydroxyl groups is 1. The van der Waals surface area contributed by atoms with E-state index in [1.807, 2.05) is 24.3 Å². The van der Waals surface area contributed by atoms with E-state index in [4.69, 9.17) is 0 Å². The lowest BCUT2D eigenvalue weighted by Gasteiger charge is -2.30. The Hall–Kier alpha value is -0.870. The van der Waals surface area contributed by atoms with Crippen LogP contribution in [-0.4, -0.2) is 35.1 Å². The highest BCUT2D eigenvalue weighted by Crippen LogP contribution is 2.18. The molecule has 2 rings (SSSR count). The number of likely N-dealkylation sites (tertiary alicyclic amines) is 1. The van der Waals surface area contributed by atoms with E-state index in [-0.39, 0.29) is 12.0 Å². The fraction of sp³-hybridized carbons (Fsp3) is 0.500. The van der Waals surface area contributed by atoms with Gasteiger partial charge < -0.3 is 10.0 Å². The van der Waals surface area contributed by atoms with Crippen molar-refractivity contribution in [2.24, 2.45) is 0 Å². The number of benzene rings is 1. The highest BCUT2D eigenvalue weighted by atomic mass is 79.9. The van der Waals surface area contributed by atoms with Gasteiger partial charge in [0.25, 0.3) is 0 Å². The lowest BCUT2D eigenvalue weighted by molar-refractivity contribution is -0.134. The fourth-order valence-corrected chi connectivity index (χ4v) is 2.77. The number of carbonyl (C=O) groups excluding carboxylic acids is 1. The van der Waals surface area contributed by atoms with Crippen molar-refractivity contribution in [3.8, 4) is 0 Å². The highest BCUT2D eigenvalue weighted by Gasteiger charge is 2.21. The predicted molar refractivity (Wildman–Crippen MR) is 74.3 cm³/mol. The van der Waals surface area contributed by atoms with Crippen LogP contribution < -0.4 is 0 Å². The molecule has 0 aliphatic carbocycles. The van der Waals surface area contributed by atoms with Gasteiger partial charge in [-0.15, -0.1) is 0 Å². The van der Waals surface area contributed by atoms with Crippen LogP contribution >= 0.6 is 15.9 Å². The first-order chi connectivity index (χ1) is 8.66. The van der Waals surface area contributed by atoms with E-state index in [1.54, 1.807) is 4.90 Å². The van der Waals surface area contributed by atoms with E-state index in [9.17, 15) is 9.90 Å². The van der Waals surface area contributed by atoms with Gasteiger partial charge in [0.05, 0.1) is 6.10 Å². The number of rotatable bonds is 3. The summed E-state index contributed by atoms with van der Waals surface area (Å²) >= 11 is 3.49. The first kappa shape index (κ1) is 13.6. The molecule has 3 nitrogen and oxygen atoms in total. The number of piperidine rings is 1. The quantitative estimate of drug-likeness (QED) is 0.931. The molecule has 0 radical (unpaired) electrons. The van der Waals surface area contributed by atoms with Gasteiger partial charge in [0.2, 0.25) is 5.91 Å². The summed E-state index contributed by atoms with van der Waals surface area (Å²) in [6.07, 6.45) is 2.63. The average Bonchev–Trinajstić information content (AvgIpc) is 2.37. The second-order valence-electron chi connectivity index (χ2n) is 4.73. The maximum atomic E-state index is 12.0. The van der Waals surface area contributed by atoms with Crippen molar-refractivity contribution in [3.05, 3.63) is 34.3 Å². The lowest BCUT2D eigenvalue weighted by Crippen LogP contribution is -2.42. The number of β-amino-alcohol motifs (C(OH)–C–C–N with tert-alkyl or cyclic N) is 1. The van der Waals surface area contributed by atoms with Gasteiger partial charge >= 0.3 is 0 Å². The van der Waals surface area contributed by atoms with Crippen LogP contribution in [-0.2, 0) is 11.2 Å². The number of carbonyl (C=O) groups is 1. The second kappa shape index (κ2) is 6.34. The van der Waals surface area contributed by atoms with E-state index in [1.165, 1.54) is 0 Å². The third-order valence-electron chi connectivity index (χ3n) is 3.32. The Labute approximate surface area is 116 Å². The number of aliphatic hydroxyl groups excluding tert-OH is 1. The number of hydrogen-bond donors (Lipinski definition) is 1. The summed E-state index contributed by atoms with van der Waals surface area (Å²) in [6, 6.07) is 7.97. The van der Waals surface area contributed by atoms with Gasteiger partial charge in [-0.2, -0.15) is 0 Å². The fourth-order valence-electron chi connectivity index (χ4n) is 2.28. The summed E-state index contributed by atoms with van der Waals surface area (Å²) in [6.45, 7) is 1.28. The monoisotopic (exact) mass is 311 g/mol. The van der Waals surface area contributed by atoms with Crippen LogP contribution in [0.1, 0.15) is 24.8 Å². The average molecular weight is 312 g/mol. The van der Waals surface area contributed by atoms with E-state index in [0.717, 1.165) is 35.8 Å². The maximum Gasteiger partial charge on any atom is 0.222 e. The van der Waals surface area contributed by atoms with Crippen LogP contribution in [0.25, 0.3) is 0 Å². The number of halogens is 1. The minimum Gasteiger partial charge on any atom is -0.391 e. The minimum atomic E-state index is -0.342. The zero-order valence-corrected chi connectivity index (χ0v) is 11.9. The third-order valence-corrected chi connectivity index (χ3v) is 4.09. The first-order valence-electron chi connectivity index (χ1n) is 6.36. The Morgan fingerprint density at radius 3 is 2.94 bits per heavy atom. The standard InChI is InChI=1S/C14H18BrNO2/c15-13-6-2-1-4-11(13)7-8-14(18)16-9-3-5-12(17)10-16/h1-2,4,6,12,17H,3,5,7-10H2. The van der Waals surface area contributed by atoms with Gasteiger partial charge in [-0.25, -0.2) is 0 Å². The van der Waals surface area contributed by atoms with Crippen LogP contribution in [0.3, 0.4) is 0 Å². The lowest BCUT2D eigenvalue weighted by atomic mass is 10.1. The summed E-state index contributed by atoms with van der Waals surface area (Å²) in [4.78, 5) is 13.8. The number of nitrogens with zero attached hydrogens (tertiary/aromatic N) is 1. The molecule has 4 heteroatoms. The van der Waals surface area contributed by atoms with E-state index >= 15 is 0 Å². The smallest absolute Gasteiger partial charge is 0.222 e. The SMILES string of the molecule is O=C(CCc1ccccc1Br)N1CCCC(O)C1. The molecule has 1 aromatic carbocycles. The molecule has 1 fully saturated rings. The van der Waals surface area contributed by atoms with Crippen molar-refractivity contribution in [1.82, 2.24) is 4.90 Å². The van der Waals surface area contributed by atoms with Gasteiger partial charge in [0.15, 0.2) is 0 Å². The zero-order chi connectivity index (χ0) is 13.0. The Morgan fingerprint density at radius 1 is 1.44 bits per heavy atom. The molecule has 0 spiro atoms. The largest absolute Gasteiger partial charge is 0.391 e. The molecule has 1 heterocycles. The van der Waals surface area contributed by atoms with Crippen molar-refractivity contribution in [2.75, 3.05) is 13.1 Å². The van der Waals surface area contributed by atoms with Gasteiger partial charge in [-0.3, -0.25) is 4.79 Å². The Morgan fingerprint density at radius 2 is 2.22 bits per heavy atom. The first-order valence-corrected chi connectivity index (χ1v) is 7.15. The Bertz CT molecular complexity index is 422. The third kappa shape index (κ3) is 3.56. The molecule has 1 amide bonds. The van der Waals surface area contributed by atoms with E-state index in [0.29, 0.717) is 13.0 Å². The number of aryl methyl sites for hydroxylation is 1. The van der Waals surface area contributed by atoms with E-state index < -0.39 is 0 Å². The molecular formula is C14H18BrNO2. The molecule has 0 saturated carbocycles. The molecule has 1 saturated heterocycles. The second-order valence-corrected chi connectivity index (χ2v) is 5.58. The molecule has 1 aliphatic heterocycles. The molecule has 1 aromatic rings. The van der Waals surface area contributed by atoms with Gasteiger partial charge in [-0.05, 0) is 30.9 Å². The van der Waals surface area contributed by atoms with Gasteiger partial charge in [-0.1, -0.05) is 34.1 Å². The van der Waals surface area contributed by atoms with Crippen molar-refractivity contribution < 1.29 is 9.90 Å². The van der Waals surface area contributed by atoms with Crippen LogP contribution in [0, 0.1) is 0 Å². The highest BCUT2D eigenvalue weighted by molar-refractivity contribution is 9.10. The number of hydrogen-bond acceptors (Lipinski definition) is 2. The van der Waals surface area contributed by atoms with Crippen molar-refractivity contribution in [2.45, 2.75) is 31.8 Å². The molecule has 1 aliphatic rings. The van der Waals surface area contributed by atoms with Crippen molar-refractivity contribution in [1.29, 1.82) is 0 Å². The Kier molecular flexibility index (Phi) is 4.78. The molecule has 0 aromatic heterocycles. The molecule has 1 unspecified atom stereocenters. The van der Waals surface area contributed by atoms with Crippen LogP contribution in [0.15, 0.2) is 28.7 Å². The molecule has 1 atom stereocenters.